The zero-order valence-corrected chi connectivity index (χ0v) is 13.7. The molecule has 1 unspecified atom stereocenters. The van der Waals surface area contributed by atoms with Crippen LogP contribution in [0.4, 0.5) is 0 Å². The predicted molar refractivity (Wildman–Crippen MR) is 85.3 cm³/mol. The van der Waals surface area contributed by atoms with Crippen LogP contribution in [0.2, 0.25) is 0 Å². The number of rotatable bonds is 3. The first kappa shape index (κ1) is 15.5. The topological polar surface area (TPSA) is 57.7 Å². The second-order valence-electron chi connectivity index (χ2n) is 6.31. The normalized spacial score (nSPS) is 23.5. The van der Waals surface area contributed by atoms with Crippen LogP contribution in [0.15, 0.2) is 24.3 Å². The molecule has 3 rings (SSSR count). The van der Waals surface area contributed by atoms with Crippen LogP contribution in [-0.4, -0.2) is 61.8 Å². The van der Waals surface area contributed by atoms with Crippen molar-refractivity contribution in [2.75, 3.05) is 31.6 Å². The number of likely N-dealkylation sites (N-methyl/N-ethyl adjacent to an activating group) is 1. The van der Waals surface area contributed by atoms with Crippen molar-refractivity contribution in [3.05, 3.63) is 35.4 Å². The minimum Gasteiger partial charge on any atom is -0.337 e. The van der Waals surface area contributed by atoms with E-state index >= 15 is 0 Å². The zero-order chi connectivity index (χ0) is 15.7. The number of sulfone groups is 1. The number of hydrogen-bond acceptors (Lipinski definition) is 4. The smallest absolute Gasteiger partial charge is 0.237 e. The predicted octanol–water partition coefficient (Wildman–Crippen LogP) is 0.690. The SMILES string of the molecule is CN(CC(=O)N1CCc2ccccc2C1)C1CCS(=O)(=O)C1. The minimum atomic E-state index is -2.91. The molecule has 120 valence electrons. The second-order valence-corrected chi connectivity index (χ2v) is 8.53. The first-order valence-electron chi connectivity index (χ1n) is 7.70. The van der Waals surface area contributed by atoms with Crippen LogP contribution in [0.5, 0.6) is 0 Å². The van der Waals surface area contributed by atoms with Gasteiger partial charge >= 0.3 is 0 Å². The summed E-state index contributed by atoms with van der Waals surface area (Å²) in [7, 11) is -1.06. The van der Waals surface area contributed by atoms with E-state index in [2.05, 4.69) is 12.1 Å². The first-order valence-corrected chi connectivity index (χ1v) is 9.52. The average Bonchev–Trinajstić information content (AvgIpc) is 2.87. The lowest BCUT2D eigenvalue weighted by atomic mass is 10.00. The lowest BCUT2D eigenvalue weighted by Crippen LogP contribution is -2.44. The molecule has 0 saturated carbocycles. The van der Waals surface area contributed by atoms with Crippen LogP contribution in [0.1, 0.15) is 17.5 Å². The van der Waals surface area contributed by atoms with Crippen molar-refractivity contribution < 1.29 is 13.2 Å². The summed E-state index contributed by atoms with van der Waals surface area (Å²) in [6.07, 6.45) is 1.53. The third-order valence-corrected chi connectivity index (χ3v) is 6.45. The largest absolute Gasteiger partial charge is 0.337 e. The van der Waals surface area contributed by atoms with Crippen molar-refractivity contribution in [1.29, 1.82) is 0 Å². The summed E-state index contributed by atoms with van der Waals surface area (Å²) in [6, 6.07) is 8.20. The summed E-state index contributed by atoms with van der Waals surface area (Å²) in [4.78, 5) is 16.2. The molecular formula is C16H22N2O3S. The van der Waals surface area contributed by atoms with Crippen LogP contribution in [0, 0.1) is 0 Å². The lowest BCUT2D eigenvalue weighted by Gasteiger charge is -2.31. The number of fused-ring (bicyclic) bond motifs is 1. The van der Waals surface area contributed by atoms with E-state index in [1.54, 1.807) is 0 Å². The van der Waals surface area contributed by atoms with Gasteiger partial charge in [-0.3, -0.25) is 9.69 Å². The standard InChI is InChI=1S/C16H22N2O3S/c1-17(15-7-9-22(20,21)12-15)11-16(19)18-8-6-13-4-2-3-5-14(13)10-18/h2-5,15H,6-12H2,1H3. The molecule has 1 aromatic carbocycles. The second kappa shape index (κ2) is 6.01. The van der Waals surface area contributed by atoms with Crippen LogP contribution >= 0.6 is 0 Å². The number of amides is 1. The number of nitrogens with zero attached hydrogens (tertiary/aromatic N) is 2. The van der Waals surface area contributed by atoms with Crippen molar-refractivity contribution in [2.45, 2.75) is 25.4 Å². The van der Waals surface area contributed by atoms with E-state index in [9.17, 15) is 13.2 Å². The summed E-state index contributed by atoms with van der Waals surface area (Å²) in [5, 5.41) is 0. The van der Waals surface area contributed by atoms with E-state index in [0.717, 1.165) is 13.0 Å². The third kappa shape index (κ3) is 3.33. The highest BCUT2D eigenvalue weighted by atomic mass is 32.2. The van der Waals surface area contributed by atoms with E-state index < -0.39 is 9.84 Å². The number of benzene rings is 1. The number of carbonyl (C=O) groups excluding carboxylic acids is 1. The van der Waals surface area contributed by atoms with Crippen LogP contribution in [0.25, 0.3) is 0 Å². The lowest BCUT2D eigenvalue weighted by molar-refractivity contribution is -0.133. The zero-order valence-electron chi connectivity index (χ0n) is 12.9. The van der Waals surface area contributed by atoms with Crippen LogP contribution in [0.3, 0.4) is 0 Å². The fourth-order valence-electron chi connectivity index (χ4n) is 3.27. The highest BCUT2D eigenvalue weighted by Gasteiger charge is 2.32. The molecule has 0 radical (unpaired) electrons. The molecule has 0 spiro atoms. The van der Waals surface area contributed by atoms with Gasteiger partial charge in [0, 0.05) is 19.1 Å². The first-order chi connectivity index (χ1) is 10.4. The maximum Gasteiger partial charge on any atom is 0.237 e. The number of hydrogen-bond donors (Lipinski definition) is 0. The van der Waals surface area contributed by atoms with E-state index in [1.165, 1.54) is 11.1 Å². The molecule has 0 aliphatic carbocycles. The molecule has 0 N–H and O–H groups in total. The Morgan fingerprint density at radius 1 is 1.32 bits per heavy atom. The van der Waals surface area contributed by atoms with Crippen molar-refractivity contribution in [3.8, 4) is 0 Å². The molecule has 1 fully saturated rings. The van der Waals surface area contributed by atoms with Gasteiger partial charge in [0.05, 0.1) is 18.1 Å². The van der Waals surface area contributed by atoms with E-state index in [1.807, 2.05) is 29.0 Å². The van der Waals surface area contributed by atoms with Gasteiger partial charge in [-0.25, -0.2) is 8.42 Å². The highest BCUT2D eigenvalue weighted by Crippen LogP contribution is 2.20. The summed E-state index contributed by atoms with van der Waals surface area (Å²) in [5.41, 5.74) is 2.54. The molecule has 0 bridgehead atoms. The maximum absolute atomic E-state index is 12.5. The Morgan fingerprint density at radius 2 is 2.05 bits per heavy atom. The van der Waals surface area contributed by atoms with Gasteiger partial charge in [0.1, 0.15) is 0 Å². The Balaban J connectivity index is 1.59. The molecule has 1 amide bonds. The average molecular weight is 322 g/mol. The molecule has 0 aromatic heterocycles. The van der Waals surface area contributed by atoms with Crippen LogP contribution in [-0.2, 0) is 27.6 Å². The summed E-state index contributed by atoms with van der Waals surface area (Å²) >= 11 is 0. The van der Waals surface area contributed by atoms with Crippen LogP contribution < -0.4 is 0 Å². The minimum absolute atomic E-state index is 0.0222. The van der Waals surface area contributed by atoms with Crippen molar-refractivity contribution in [3.63, 3.8) is 0 Å². The van der Waals surface area contributed by atoms with Crippen molar-refractivity contribution in [1.82, 2.24) is 9.80 Å². The van der Waals surface area contributed by atoms with Crippen molar-refractivity contribution in [2.24, 2.45) is 0 Å². The Kier molecular flexibility index (Phi) is 4.23. The van der Waals surface area contributed by atoms with Gasteiger partial charge in [-0.1, -0.05) is 24.3 Å². The van der Waals surface area contributed by atoms with Gasteiger partial charge in [-0.05, 0) is 31.0 Å². The molecule has 1 saturated heterocycles. The molecule has 22 heavy (non-hydrogen) atoms. The van der Waals surface area contributed by atoms with Gasteiger partial charge in [0.15, 0.2) is 9.84 Å². The molecule has 6 heteroatoms. The molecular weight excluding hydrogens is 300 g/mol. The molecule has 5 nitrogen and oxygen atoms in total. The Morgan fingerprint density at radius 3 is 2.73 bits per heavy atom. The highest BCUT2D eigenvalue weighted by molar-refractivity contribution is 7.91. The van der Waals surface area contributed by atoms with Crippen molar-refractivity contribution >= 4 is 15.7 Å². The fourth-order valence-corrected chi connectivity index (χ4v) is 5.08. The Labute approximate surface area is 131 Å². The van der Waals surface area contributed by atoms with E-state index in [-0.39, 0.29) is 23.5 Å². The molecule has 1 atom stereocenters. The molecule has 1 aromatic rings. The summed E-state index contributed by atoms with van der Waals surface area (Å²) in [5.74, 6) is 0.508. The van der Waals surface area contributed by atoms with Gasteiger partial charge in [-0.2, -0.15) is 0 Å². The van der Waals surface area contributed by atoms with Gasteiger partial charge < -0.3 is 4.90 Å². The monoisotopic (exact) mass is 322 g/mol. The molecule has 2 heterocycles. The Hall–Kier alpha value is -1.40. The third-order valence-electron chi connectivity index (χ3n) is 4.70. The summed E-state index contributed by atoms with van der Waals surface area (Å²) in [6.45, 7) is 1.70. The summed E-state index contributed by atoms with van der Waals surface area (Å²) < 4.78 is 23.1. The molecule has 2 aliphatic rings. The quantitative estimate of drug-likeness (QED) is 0.822. The Bertz CT molecular complexity index is 672. The maximum atomic E-state index is 12.5. The molecule has 2 aliphatic heterocycles. The van der Waals surface area contributed by atoms with Gasteiger partial charge in [0.25, 0.3) is 0 Å². The van der Waals surface area contributed by atoms with Gasteiger partial charge in [-0.15, -0.1) is 0 Å². The fraction of sp³-hybridized carbons (Fsp3) is 0.562. The van der Waals surface area contributed by atoms with E-state index in [0.29, 0.717) is 19.5 Å². The van der Waals surface area contributed by atoms with E-state index in [4.69, 9.17) is 0 Å². The number of carbonyl (C=O) groups is 1. The van der Waals surface area contributed by atoms with Gasteiger partial charge in [0.2, 0.25) is 5.91 Å².